The van der Waals surface area contributed by atoms with Gasteiger partial charge in [-0.25, -0.2) is 0 Å². The van der Waals surface area contributed by atoms with Gasteiger partial charge in [0.05, 0.1) is 6.04 Å². The van der Waals surface area contributed by atoms with Crippen molar-refractivity contribution in [2.75, 3.05) is 11.4 Å². The van der Waals surface area contributed by atoms with Crippen molar-refractivity contribution in [1.82, 2.24) is 5.32 Å². The molecule has 4 rings (SSSR count). The molecule has 1 atom stereocenters. The zero-order chi connectivity index (χ0) is 18.8. The normalized spacial score (nSPS) is 18.3. The van der Waals surface area contributed by atoms with E-state index in [1.54, 1.807) is 17.0 Å². The number of hydrogen-bond acceptors (Lipinski definition) is 2. The smallest absolute Gasteiger partial charge is 0.251 e. The van der Waals surface area contributed by atoms with Gasteiger partial charge in [-0.1, -0.05) is 30.2 Å². The third-order valence-electron chi connectivity index (χ3n) is 5.65. The Labute approximate surface area is 164 Å². The summed E-state index contributed by atoms with van der Waals surface area (Å²) < 4.78 is 0. The number of hydrogen-bond donors (Lipinski definition) is 1. The van der Waals surface area contributed by atoms with E-state index in [1.807, 2.05) is 36.4 Å². The fraction of sp³-hybridized carbons (Fsp3) is 0.364. The van der Waals surface area contributed by atoms with Crippen molar-refractivity contribution in [3.63, 3.8) is 0 Å². The van der Waals surface area contributed by atoms with Crippen LogP contribution in [-0.2, 0) is 4.79 Å². The van der Waals surface area contributed by atoms with Crippen LogP contribution in [0.25, 0.3) is 0 Å². The monoisotopic (exact) mass is 382 g/mol. The molecule has 0 radical (unpaired) electrons. The van der Waals surface area contributed by atoms with Crippen LogP contribution in [0.1, 0.15) is 54.1 Å². The van der Waals surface area contributed by atoms with Crippen LogP contribution in [0, 0.1) is 5.92 Å². The summed E-state index contributed by atoms with van der Waals surface area (Å²) >= 11 is 6.01. The van der Waals surface area contributed by atoms with Crippen LogP contribution in [0.2, 0.25) is 5.02 Å². The lowest BCUT2D eigenvalue weighted by Crippen LogP contribution is -2.36. The molecule has 2 aliphatic rings. The van der Waals surface area contributed by atoms with Gasteiger partial charge in [0, 0.05) is 29.2 Å². The molecule has 1 heterocycles. The first-order chi connectivity index (χ1) is 13.1. The molecule has 5 heteroatoms. The molecule has 0 bridgehead atoms. The van der Waals surface area contributed by atoms with Crippen molar-refractivity contribution in [1.29, 1.82) is 0 Å². The molecular weight excluding hydrogens is 360 g/mol. The summed E-state index contributed by atoms with van der Waals surface area (Å²) in [4.78, 5) is 26.5. The van der Waals surface area contributed by atoms with Gasteiger partial charge in [0.25, 0.3) is 5.91 Å². The quantitative estimate of drug-likeness (QED) is 0.812. The van der Waals surface area contributed by atoms with E-state index >= 15 is 0 Å². The zero-order valence-corrected chi connectivity index (χ0v) is 15.9. The molecule has 0 spiro atoms. The van der Waals surface area contributed by atoms with Gasteiger partial charge in [0.1, 0.15) is 0 Å². The Morgan fingerprint density at radius 1 is 1.04 bits per heavy atom. The Morgan fingerprint density at radius 3 is 2.30 bits per heavy atom. The van der Waals surface area contributed by atoms with Gasteiger partial charge in [-0.3, -0.25) is 9.59 Å². The standard InChI is InChI=1S/C22H23ClN2O2/c23-18-10-6-16(7-11-18)21(15-3-1-4-15)24-22(27)17-8-12-19(13-9-17)25-14-2-5-20(25)26/h6-13,15,21H,1-5,14H2,(H,24,27). The van der Waals surface area contributed by atoms with E-state index in [9.17, 15) is 9.59 Å². The SMILES string of the molecule is O=C(NC(c1ccc(Cl)cc1)C1CCC1)c1ccc(N2CCCC2=O)cc1. The first-order valence-corrected chi connectivity index (χ1v) is 9.96. The Hall–Kier alpha value is -2.33. The molecule has 1 N–H and O–H groups in total. The third-order valence-corrected chi connectivity index (χ3v) is 5.90. The molecule has 2 fully saturated rings. The molecule has 1 aliphatic heterocycles. The number of carbonyl (C=O) groups is 2. The highest BCUT2D eigenvalue weighted by Gasteiger charge is 2.30. The Bertz CT molecular complexity index is 828. The molecule has 1 saturated heterocycles. The topological polar surface area (TPSA) is 49.4 Å². The summed E-state index contributed by atoms with van der Waals surface area (Å²) in [6.45, 7) is 0.755. The minimum atomic E-state index is -0.0823. The molecule has 2 aromatic rings. The number of rotatable bonds is 5. The summed E-state index contributed by atoms with van der Waals surface area (Å²) in [5.74, 6) is 0.540. The predicted molar refractivity (Wildman–Crippen MR) is 107 cm³/mol. The molecule has 1 saturated carbocycles. The van der Waals surface area contributed by atoms with Crippen LogP contribution in [-0.4, -0.2) is 18.4 Å². The van der Waals surface area contributed by atoms with Gasteiger partial charge in [-0.2, -0.15) is 0 Å². The van der Waals surface area contributed by atoms with Crippen LogP contribution in [0.3, 0.4) is 0 Å². The average Bonchev–Trinajstić information content (AvgIpc) is 3.06. The van der Waals surface area contributed by atoms with Gasteiger partial charge in [0.2, 0.25) is 5.91 Å². The summed E-state index contributed by atoms with van der Waals surface area (Å²) in [6.07, 6.45) is 4.97. The van der Waals surface area contributed by atoms with E-state index in [4.69, 9.17) is 11.6 Å². The second-order valence-corrected chi connectivity index (χ2v) is 7.83. The highest BCUT2D eigenvalue weighted by Crippen LogP contribution is 2.38. The maximum Gasteiger partial charge on any atom is 0.251 e. The fourth-order valence-electron chi connectivity index (χ4n) is 3.86. The van der Waals surface area contributed by atoms with E-state index < -0.39 is 0 Å². The summed E-state index contributed by atoms with van der Waals surface area (Å²) in [6, 6.07) is 15.1. The number of nitrogens with one attached hydrogen (secondary N) is 1. The molecule has 0 aromatic heterocycles. The van der Waals surface area contributed by atoms with Crippen LogP contribution < -0.4 is 10.2 Å². The van der Waals surface area contributed by atoms with E-state index in [0.29, 0.717) is 22.9 Å². The molecule has 1 unspecified atom stereocenters. The molecular formula is C22H23ClN2O2. The first-order valence-electron chi connectivity index (χ1n) is 9.58. The first kappa shape index (κ1) is 18.1. The van der Waals surface area contributed by atoms with Crippen LogP contribution in [0.5, 0.6) is 0 Å². The van der Waals surface area contributed by atoms with Gasteiger partial charge in [-0.05, 0) is 67.1 Å². The van der Waals surface area contributed by atoms with Crippen molar-refractivity contribution in [3.05, 3.63) is 64.7 Å². The van der Waals surface area contributed by atoms with Crippen molar-refractivity contribution in [2.24, 2.45) is 5.92 Å². The number of nitrogens with zero attached hydrogens (tertiary/aromatic N) is 1. The van der Waals surface area contributed by atoms with Crippen LogP contribution in [0.4, 0.5) is 5.69 Å². The maximum absolute atomic E-state index is 12.8. The van der Waals surface area contributed by atoms with E-state index in [2.05, 4.69) is 5.32 Å². The molecule has 2 amide bonds. The number of benzene rings is 2. The zero-order valence-electron chi connectivity index (χ0n) is 15.2. The number of halogens is 1. The fourth-order valence-corrected chi connectivity index (χ4v) is 3.98. The van der Waals surface area contributed by atoms with E-state index in [0.717, 1.165) is 37.1 Å². The third kappa shape index (κ3) is 3.86. The molecule has 27 heavy (non-hydrogen) atoms. The number of carbonyl (C=O) groups excluding carboxylic acids is 2. The van der Waals surface area contributed by atoms with Crippen molar-refractivity contribution in [2.45, 2.75) is 38.1 Å². The average molecular weight is 383 g/mol. The molecule has 4 nitrogen and oxygen atoms in total. The second-order valence-electron chi connectivity index (χ2n) is 7.39. The summed E-state index contributed by atoms with van der Waals surface area (Å²) in [7, 11) is 0. The number of amides is 2. The van der Waals surface area contributed by atoms with Crippen molar-refractivity contribution in [3.8, 4) is 0 Å². The van der Waals surface area contributed by atoms with Gasteiger partial charge < -0.3 is 10.2 Å². The van der Waals surface area contributed by atoms with Crippen LogP contribution in [0.15, 0.2) is 48.5 Å². The van der Waals surface area contributed by atoms with Gasteiger partial charge in [-0.15, -0.1) is 0 Å². The lowest BCUT2D eigenvalue weighted by Gasteiger charge is -2.34. The number of anilines is 1. The Balaban J connectivity index is 1.49. The molecule has 140 valence electrons. The minimum absolute atomic E-state index is 0.00310. The lowest BCUT2D eigenvalue weighted by atomic mass is 9.77. The lowest BCUT2D eigenvalue weighted by molar-refractivity contribution is -0.117. The molecule has 1 aliphatic carbocycles. The summed E-state index contributed by atoms with van der Waals surface area (Å²) in [5.41, 5.74) is 2.57. The van der Waals surface area contributed by atoms with Gasteiger partial charge in [0.15, 0.2) is 0 Å². The van der Waals surface area contributed by atoms with Crippen molar-refractivity contribution < 1.29 is 9.59 Å². The maximum atomic E-state index is 12.8. The minimum Gasteiger partial charge on any atom is -0.345 e. The van der Waals surface area contributed by atoms with Crippen LogP contribution >= 0.6 is 11.6 Å². The Kier molecular flexibility index (Phi) is 5.17. The highest BCUT2D eigenvalue weighted by molar-refractivity contribution is 6.30. The highest BCUT2D eigenvalue weighted by atomic mass is 35.5. The summed E-state index contributed by atoms with van der Waals surface area (Å²) in [5, 5.41) is 3.90. The van der Waals surface area contributed by atoms with Crippen molar-refractivity contribution >= 4 is 29.1 Å². The molecule has 2 aromatic carbocycles. The Morgan fingerprint density at radius 2 is 1.74 bits per heavy atom. The predicted octanol–water partition coefficient (Wildman–Crippen LogP) is 4.74. The largest absolute Gasteiger partial charge is 0.345 e. The van der Waals surface area contributed by atoms with E-state index in [-0.39, 0.29) is 17.9 Å². The van der Waals surface area contributed by atoms with E-state index in [1.165, 1.54) is 6.42 Å². The van der Waals surface area contributed by atoms with Gasteiger partial charge >= 0.3 is 0 Å². The second kappa shape index (κ2) is 7.73.